The molecule has 6 nitrogen and oxygen atoms in total. The number of fused-ring (bicyclic) bond motifs is 2. The molecule has 0 saturated carbocycles. The highest BCUT2D eigenvalue weighted by Gasteiger charge is 2.50. The summed E-state index contributed by atoms with van der Waals surface area (Å²) in [5.41, 5.74) is 4.53. The quantitative estimate of drug-likeness (QED) is 0.579. The number of hydrogen-bond donors (Lipinski definition) is 1. The summed E-state index contributed by atoms with van der Waals surface area (Å²) in [4.78, 5) is 15.4. The first-order valence-corrected chi connectivity index (χ1v) is 11.6. The molecule has 2 atom stereocenters. The van der Waals surface area contributed by atoms with E-state index < -0.39 is 6.10 Å². The van der Waals surface area contributed by atoms with Crippen LogP contribution < -0.4 is 19.7 Å². The van der Waals surface area contributed by atoms with Gasteiger partial charge in [-0.15, -0.1) is 0 Å². The number of nitrogens with one attached hydrogen (secondary N) is 1. The van der Waals surface area contributed by atoms with Crippen LogP contribution in [0.3, 0.4) is 0 Å². The summed E-state index contributed by atoms with van der Waals surface area (Å²) in [5, 5.41) is 3.04. The number of anilines is 1. The lowest BCUT2D eigenvalue weighted by molar-refractivity contribution is -0.130. The number of ether oxygens (including phenoxy) is 3. The lowest BCUT2D eigenvalue weighted by Gasteiger charge is -2.24. The molecule has 1 fully saturated rings. The first kappa shape index (κ1) is 22.3. The fraction of sp³-hybridized carbons (Fsp3) is 0.321. The van der Waals surface area contributed by atoms with E-state index in [2.05, 4.69) is 46.6 Å². The van der Waals surface area contributed by atoms with Crippen LogP contribution in [0.4, 0.5) is 5.69 Å². The van der Waals surface area contributed by atoms with E-state index in [1.54, 1.807) is 14.2 Å². The minimum absolute atomic E-state index is 0.0641. The smallest absolute Gasteiger partial charge is 0.249 e. The second-order valence-corrected chi connectivity index (χ2v) is 9.07. The minimum atomic E-state index is -0.459. The zero-order valence-electron chi connectivity index (χ0n) is 19.6. The van der Waals surface area contributed by atoms with Crippen molar-refractivity contribution >= 4 is 11.6 Å². The molecule has 176 valence electrons. The third-order valence-corrected chi connectivity index (χ3v) is 6.87. The van der Waals surface area contributed by atoms with Crippen LogP contribution in [-0.2, 0) is 28.0 Å². The van der Waals surface area contributed by atoms with Crippen molar-refractivity contribution in [2.45, 2.75) is 31.0 Å². The van der Waals surface area contributed by atoms with Gasteiger partial charge >= 0.3 is 0 Å². The van der Waals surface area contributed by atoms with Gasteiger partial charge in [0.1, 0.15) is 17.6 Å². The van der Waals surface area contributed by atoms with Crippen LogP contribution in [0.15, 0.2) is 72.8 Å². The van der Waals surface area contributed by atoms with E-state index >= 15 is 0 Å². The number of hydrogen-bond acceptors (Lipinski definition) is 5. The van der Waals surface area contributed by atoms with Crippen molar-refractivity contribution in [1.29, 1.82) is 0 Å². The van der Waals surface area contributed by atoms with E-state index in [1.165, 1.54) is 16.8 Å². The van der Waals surface area contributed by atoms with Gasteiger partial charge in [0.05, 0.1) is 20.8 Å². The highest BCUT2D eigenvalue weighted by molar-refractivity contribution is 5.81. The Morgan fingerprint density at radius 1 is 1.00 bits per heavy atom. The molecule has 2 aliphatic heterocycles. The third-order valence-electron chi connectivity index (χ3n) is 6.87. The molecule has 3 aromatic rings. The van der Waals surface area contributed by atoms with Crippen LogP contribution in [0, 0.1) is 0 Å². The molecule has 1 N–H and O–H groups in total. The van der Waals surface area contributed by atoms with Gasteiger partial charge < -0.3 is 24.4 Å². The molecule has 1 amide bonds. The minimum Gasteiger partial charge on any atom is -0.497 e. The molecular formula is C28H30N2O4. The maximum absolute atomic E-state index is 13.0. The Hall–Kier alpha value is -3.51. The van der Waals surface area contributed by atoms with Gasteiger partial charge in [0.2, 0.25) is 5.91 Å². The van der Waals surface area contributed by atoms with E-state index in [0.29, 0.717) is 19.6 Å². The largest absolute Gasteiger partial charge is 0.497 e. The van der Waals surface area contributed by atoms with Gasteiger partial charge in [0, 0.05) is 30.7 Å². The Kier molecular flexibility index (Phi) is 6.16. The average Bonchev–Trinajstić information content (AvgIpc) is 3.45. The summed E-state index contributed by atoms with van der Waals surface area (Å²) in [6.45, 7) is 2.62. The standard InChI is InChI=1S/C28H30N2O4/c1-32-22-12-10-20(11-13-22)17-30-18-28(24-8-3-4-9-25(24)30)15-26(34-19-28)27(31)29-16-21-6-5-7-23(14-21)33-2/h3-14,26H,15-19H2,1-2H3,(H,29,31). The number of rotatable bonds is 7. The second-order valence-electron chi connectivity index (χ2n) is 9.07. The highest BCUT2D eigenvalue weighted by atomic mass is 16.5. The Morgan fingerprint density at radius 3 is 2.59 bits per heavy atom. The summed E-state index contributed by atoms with van der Waals surface area (Å²) in [7, 11) is 3.32. The van der Waals surface area contributed by atoms with Crippen molar-refractivity contribution < 1.29 is 19.0 Å². The molecule has 0 aliphatic carbocycles. The Labute approximate surface area is 200 Å². The third kappa shape index (κ3) is 4.33. The van der Waals surface area contributed by atoms with Crippen LogP contribution >= 0.6 is 0 Å². The van der Waals surface area contributed by atoms with Crippen molar-refractivity contribution in [1.82, 2.24) is 5.32 Å². The van der Waals surface area contributed by atoms with Crippen molar-refractivity contribution in [2.24, 2.45) is 0 Å². The van der Waals surface area contributed by atoms with E-state index in [-0.39, 0.29) is 11.3 Å². The normalized spacial score (nSPS) is 20.9. The molecule has 3 aromatic carbocycles. The predicted molar refractivity (Wildman–Crippen MR) is 131 cm³/mol. The molecule has 1 spiro atoms. The molecule has 6 heteroatoms. The van der Waals surface area contributed by atoms with Crippen molar-refractivity contribution in [3.63, 3.8) is 0 Å². The molecule has 0 bridgehead atoms. The van der Waals surface area contributed by atoms with E-state index in [0.717, 1.165) is 30.2 Å². The lowest BCUT2D eigenvalue weighted by atomic mass is 9.80. The summed E-state index contributed by atoms with van der Waals surface area (Å²) in [6, 6.07) is 24.4. The number of carbonyl (C=O) groups is 1. The van der Waals surface area contributed by atoms with Crippen LogP contribution in [0.1, 0.15) is 23.1 Å². The average molecular weight is 459 g/mol. The molecule has 0 radical (unpaired) electrons. The summed E-state index contributed by atoms with van der Waals surface area (Å²) in [6.07, 6.45) is 0.215. The maximum atomic E-state index is 13.0. The second kappa shape index (κ2) is 9.39. The van der Waals surface area contributed by atoms with Crippen LogP contribution in [0.25, 0.3) is 0 Å². The number of para-hydroxylation sites is 1. The van der Waals surface area contributed by atoms with E-state index in [9.17, 15) is 4.79 Å². The van der Waals surface area contributed by atoms with Crippen molar-refractivity contribution in [3.05, 3.63) is 89.5 Å². The molecule has 34 heavy (non-hydrogen) atoms. The molecular weight excluding hydrogens is 428 g/mol. The summed E-state index contributed by atoms with van der Waals surface area (Å²) < 4.78 is 16.7. The molecule has 2 aliphatic rings. The van der Waals surface area contributed by atoms with Crippen molar-refractivity contribution in [2.75, 3.05) is 32.3 Å². The number of nitrogens with zero attached hydrogens (tertiary/aromatic N) is 1. The summed E-state index contributed by atoms with van der Waals surface area (Å²) in [5.74, 6) is 1.57. The fourth-order valence-corrected chi connectivity index (χ4v) is 5.11. The topological polar surface area (TPSA) is 60.0 Å². The Balaban J connectivity index is 1.27. The lowest BCUT2D eigenvalue weighted by Crippen LogP contribution is -2.37. The van der Waals surface area contributed by atoms with Gasteiger partial charge in [-0.3, -0.25) is 4.79 Å². The van der Waals surface area contributed by atoms with Gasteiger partial charge in [0.25, 0.3) is 0 Å². The van der Waals surface area contributed by atoms with E-state index in [4.69, 9.17) is 14.2 Å². The number of carbonyl (C=O) groups excluding carboxylic acids is 1. The first-order chi connectivity index (χ1) is 16.6. The predicted octanol–water partition coefficient (Wildman–Crippen LogP) is 4.07. The molecule has 5 rings (SSSR count). The van der Waals surface area contributed by atoms with Gasteiger partial charge in [0.15, 0.2) is 0 Å². The molecule has 2 heterocycles. The summed E-state index contributed by atoms with van der Waals surface area (Å²) >= 11 is 0. The monoisotopic (exact) mass is 458 g/mol. The van der Waals surface area contributed by atoms with Gasteiger partial charge in [-0.2, -0.15) is 0 Å². The molecule has 2 unspecified atom stereocenters. The number of methoxy groups -OCH3 is 2. The molecule has 0 aromatic heterocycles. The number of amides is 1. The fourth-order valence-electron chi connectivity index (χ4n) is 5.11. The zero-order valence-corrected chi connectivity index (χ0v) is 19.6. The van der Waals surface area contributed by atoms with Crippen LogP contribution in [-0.4, -0.2) is 39.4 Å². The molecule has 1 saturated heterocycles. The van der Waals surface area contributed by atoms with Gasteiger partial charge in [-0.1, -0.05) is 42.5 Å². The van der Waals surface area contributed by atoms with Crippen LogP contribution in [0.5, 0.6) is 11.5 Å². The first-order valence-electron chi connectivity index (χ1n) is 11.6. The van der Waals surface area contributed by atoms with Crippen LogP contribution in [0.2, 0.25) is 0 Å². The number of benzene rings is 3. The Bertz CT molecular complexity index is 1160. The van der Waals surface area contributed by atoms with Gasteiger partial charge in [-0.25, -0.2) is 0 Å². The maximum Gasteiger partial charge on any atom is 0.249 e. The Morgan fingerprint density at radius 2 is 1.79 bits per heavy atom. The van der Waals surface area contributed by atoms with E-state index in [1.807, 2.05) is 36.4 Å². The van der Waals surface area contributed by atoms with Gasteiger partial charge in [-0.05, 0) is 53.4 Å². The highest BCUT2D eigenvalue weighted by Crippen LogP contribution is 2.47. The SMILES string of the molecule is COc1ccc(CN2CC3(COC(C(=O)NCc4cccc(OC)c4)C3)c3ccccc32)cc1. The zero-order chi connectivity index (χ0) is 23.5. The van der Waals surface area contributed by atoms with Crippen molar-refractivity contribution in [3.8, 4) is 11.5 Å².